The molecular weight excluding hydrogens is 346 g/mol. The van der Waals surface area contributed by atoms with Crippen LogP contribution in [0.15, 0.2) is 45.6 Å². The lowest BCUT2D eigenvalue weighted by molar-refractivity contribution is 0.324. The van der Waals surface area contributed by atoms with Crippen LogP contribution in [0, 0.1) is 0 Å². The molecule has 1 N–H and O–H groups in total. The molecule has 0 saturated carbocycles. The van der Waals surface area contributed by atoms with E-state index in [1.54, 1.807) is 21.3 Å². The Bertz CT molecular complexity index is 984. The first-order valence-electron chi connectivity index (χ1n) is 8.69. The molecule has 1 heterocycles. The minimum Gasteiger partial charge on any atom is -0.493 e. The Morgan fingerprint density at radius 3 is 2.26 bits per heavy atom. The van der Waals surface area contributed by atoms with E-state index in [1.807, 2.05) is 30.3 Å². The predicted octanol–water partition coefficient (Wildman–Crippen LogP) is 3.99. The highest BCUT2D eigenvalue weighted by Crippen LogP contribution is 2.40. The lowest BCUT2D eigenvalue weighted by atomic mass is 10.1. The van der Waals surface area contributed by atoms with Crippen molar-refractivity contribution >= 4 is 16.7 Å². The summed E-state index contributed by atoms with van der Waals surface area (Å²) in [5, 5.41) is 4.22. The maximum absolute atomic E-state index is 11.9. The molecule has 0 unspecified atom stereocenters. The molecule has 142 valence electrons. The van der Waals surface area contributed by atoms with Gasteiger partial charge in [-0.2, -0.15) is 0 Å². The van der Waals surface area contributed by atoms with Crippen LogP contribution in [-0.2, 0) is 13.0 Å². The molecule has 3 aromatic rings. The molecule has 0 aliphatic rings. The normalized spacial score (nSPS) is 10.7. The summed E-state index contributed by atoms with van der Waals surface area (Å²) in [5.41, 5.74) is 3.01. The van der Waals surface area contributed by atoms with E-state index in [4.69, 9.17) is 18.6 Å². The van der Waals surface area contributed by atoms with Crippen LogP contribution in [-0.4, -0.2) is 21.3 Å². The van der Waals surface area contributed by atoms with Gasteiger partial charge in [0.15, 0.2) is 11.5 Å². The van der Waals surface area contributed by atoms with Crippen molar-refractivity contribution in [3.8, 4) is 17.2 Å². The van der Waals surface area contributed by atoms with Gasteiger partial charge < -0.3 is 23.9 Å². The minimum atomic E-state index is -0.363. The SMILES string of the molecule is CCc1ccc2c(CNc3cc(OC)c(OC)c(OC)c3)cc(=O)oc2c1. The molecule has 6 nitrogen and oxygen atoms in total. The fourth-order valence-electron chi connectivity index (χ4n) is 3.02. The van der Waals surface area contributed by atoms with E-state index in [0.717, 1.165) is 28.6 Å². The number of ether oxygens (including phenoxy) is 3. The standard InChI is InChI=1S/C21H23NO5/c1-5-13-6-7-16-14(9-20(23)27-17(16)8-13)12-22-15-10-18(24-2)21(26-4)19(11-15)25-3/h6-11,22H,5,12H2,1-4H3. The zero-order chi connectivity index (χ0) is 19.4. The Morgan fingerprint density at radius 2 is 1.67 bits per heavy atom. The quantitative estimate of drug-likeness (QED) is 0.635. The summed E-state index contributed by atoms with van der Waals surface area (Å²) in [5.74, 6) is 1.65. The molecule has 0 spiro atoms. The summed E-state index contributed by atoms with van der Waals surface area (Å²) in [6.45, 7) is 2.52. The summed E-state index contributed by atoms with van der Waals surface area (Å²) in [4.78, 5) is 11.9. The topological polar surface area (TPSA) is 69.9 Å². The number of fused-ring (bicyclic) bond motifs is 1. The Balaban J connectivity index is 1.94. The molecule has 0 amide bonds. The molecule has 0 bridgehead atoms. The smallest absolute Gasteiger partial charge is 0.336 e. The second-order valence-electron chi connectivity index (χ2n) is 6.04. The van der Waals surface area contributed by atoms with Crippen molar-refractivity contribution in [2.45, 2.75) is 19.9 Å². The van der Waals surface area contributed by atoms with Crippen LogP contribution < -0.4 is 25.2 Å². The number of rotatable bonds is 7. The van der Waals surface area contributed by atoms with Crippen molar-refractivity contribution in [2.24, 2.45) is 0 Å². The number of aryl methyl sites for hydroxylation is 1. The van der Waals surface area contributed by atoms with Gasteiger partial charge in [0.25, 0.3) is 0 Å². The third-order valence-corrected chi connectivity index (χ3v) is 4.45. The number of nitrogens with one attached hydrogen (secondary N) is 1. The highest BCUT2D eigenvalue weighted by Gasteiger charge is 2.13. The van der Waals surface area contributed by atoms with Crippen molar-refractivity contribution in [3.05, 3.63) is 57.9 Å². The Morgan fingerprint density at radius 1 is 0.963 bits per heavy atom. The molecular formula is C21H23NO5. The Hall–Kier alpha value is -3.15. The van der Waals surface area contributed by atoms with E-state index in [2.05, 4.69) is 12.2 Å². The molecule has 0 aliphatic carbocycles. The molecule has 3 rings (SSSR count). The molecule has 0 atom stereocenters. The van der Waals surface area contributed by atoms with E-state index < -0.39 is 0 Å². The summed E-state index contributed by atoms with van der Waals surface area (Å²) in [7, 11) is 4.71. The summed E-state index contributed by atoms with van der Waals surface area (Å²) in [6.07, 6.45) is 0.883. The van der Waals surface area contributed by atoms with Gasteiger partial charge in [0.05, 0.1) is 21.3 Å². The van der Waals surface area contributed by atoms with E-state index in [1.165, 1.54) is 6.07 Å². The first-order chi connectivity index (χ1) is 13.1. The molecule has 1 aromatic heterocycles. The second kappa shape index (κ2) is 8.03. The third kappa shape index (κ3) is 3.84. The zero-order valence-corrected chi connectivity index (χ0v) is 15.9. The predicted molar refractivity (Wildman–Crippen MR) is 105 cm³/mol. The number of anilines is 1. The molecule has 27 heavy (non-hydrogen) atoms. The lowest BCUT2D eigenvalue weighted by Gasteiger charge is -2.15. The van der Waals surface area contributed by atoms with E-state index >= 15 is 0 Å². The van der Waals surface area contributed by atoms with E-state index in [9.17, 15) is 4.79 Å². The first kappa shape index (κ1) is 18.6. The number of benzene rings is 2. The number of hydrogen-bond acceptors (Lipinski definition) is 6. The fraction of sp³-hybridized carbons (Fsp3) is 0.286. The largest absolute Gasteiger partial charge is 0.493 e. The fourth-order valence-corrected chi connectivity index (χ4v) is 3.02. The van der Waals surface area contributed by atoms with Gasteiger partial charge in [0.1, 0.15) is 5.58 Å². The number of hydrogen-bond donors (Lipinski definition) is 1. The van der Waals surface area contributed by atoms with E-state index in [-0.39, 0.29) is 5.63 Å². The van der Waals surface area contributed by atoms with Crippen LogP contribution in [0.25, 0.3) is 11.0 Å². The van der Waals surface area contributed by atoms with Gasteiger partial charge >= 0.3 is 5.63 Å². The van der Waals surface area contributed by atoms with Crippen LogP contribution in [0.1, 0.15) is 18.1 Å². The molecule has 0 fully saturated rings. The summed E-state index contributed by atoms with van der Waals surface area (Å²) >= 11 is 0. The van der Waals surface area contributed by atoms with Gasteiger partial charge in [0, 0.05) is 35.8 Å². The van der Waals surface area contributed by atoms with Crippen LogP contribution in [0.5, 0.6) is 17.2 Å². The van der Waals surface area contributed by atoms with Gasteiger partial charge in [-0.15, -0.1) is 0 Å². The first-order valence-corrected chi connectivity index (χ1v) is 8.69. The van der Waals surface area contributed by atoms with Gasteiger partial charge in [0.2, 0.25) is 5.75 Å². The van der Waals surface area contributed by atoms with Crippen molar-refractivity contribution in [3.63, 3.8) is 0 Å². The van der Waals surface area contributed by atoms with Gasteiger partial charge in [-0.25, -0.2) is 4.79 Å². The molecule has 0 radical (unpaired) electrons. The van der Waals surface area contributed by atoms with Crippen LogP contribution in [0.4, 0.5) is 5.69 Å². The van der Waals surface area contributed by atoms with Gasteiger partial charge in [-0.1, -0.05) is 19.1 Å². The van der Waals surface area contributed by atoms with Gasteiger partial charge in [-0.05, 0) is 23.6 Å². The summed E-state index contributed by atoms with van der Waals surface area (Å²) in [6, 6.07) is 11.1. The molecule has 0 aliphatic heterocycles. The summed E-state index contributed by atoms with van der Waals surface area (Å²) < 4.78 is 21.5. The third-order valence-electron chi connectivity index (χ3n) is 4.45. The highest BCUT2D eigenvalue weighted by molar-refractivity contribution is 5.81. The lowest BCUT2D eigenvalue weighted by Crippen LogP contribution is -2.06. The van der Waals surface area contributed by atoms with Crippen molar-refractivity contribution in [1.29, 1.82) is 0 Å². The number of methoxy groups -OCH3 is 3. The average Bonchev–Trinajstić information content (AvgIpc) is 2.70. The van der Waals surface area contributed by atoms with Crippen LogP contribution in [0.2, 0.25) is 0 Å². The Labute approximate surface area is 157 Å². The average molecular weight is 369 g/mol. The molecule has 6 heteroatoms. The minimum absolute atomic E-state index is 0.363. The zero-order valence-electron chi connectivity index (χ0n) is 15.9. The van der Waals surface area contributed by atoms with Crippen LogP contribution in [0.3, 0.4) is 0 Å². The maximum atomic E-state index is 11.9. The van der Waals surface area contributed by atoms with E-state index in [0.29, 0.717) is 29.4 Å². The highest BCUT2D eigenvalue weighted by atomic mass is 16.5. The molecule has 2 aromatic carbocycles. The van der Waals surface area contributed by atoms with Crippen molar-refractivity contribution in [2.75, 3.05) is 26.6 Å². The molecule has 0 saturated heterocycles. The Kier molecular flexibility index (Phi) is 5.54. The monoisotopic (exact) mass is 369 g/mol. The van der Waals surface area contributed by atoms with Crippen molar-refractivity contribution < 1.29 is 18.6 Å². The maximum Gasteiger partial charge on any atom is 0.336 e. The van der Waals surface area contributed by atoms with Gasteiger partial charge in [-0.3, -0.25) is 0 Å². The second-order valence-corrected chi connectivity index (χ2v) is 6.04. The van der Waals surface area contributed by atoms with Crippen molar-refractivity contribution in [1.82, 2.24) is 0 Å². The van der Waals surface area contributed by atoms with Crippen LogP contribution >= 0.6 is 0 Å².